The largest absolute Gasteiger partial charge is 0.466 e. The first kappa shape index (κ1) is 34.8. The molecule has 212 valence electrons. The van der Waals surface area contributed by atoms with Gasteiger partial charge in [0.15, 0.2) is 17.7 Å². The van der Waals surface area contributed by atoms with Gasteiger partial charge < -0.3 is 69.8 Å². The molecule has 0 bridgehead atoms. The van der Waals surface area contributed by atoms with Gasteiger partial charge in [0.25, 0.3) is 0 Å². The van der Waals surface area contributed by atoms with Crippen LogP contribution in [0.4, 0.5) is 11.8 Å². The number of nitrogens with two attached hydrogens (primary N) is 1. The van der Waals surface area contributed by atoms with Crippen LogP contribution in [0.1, 0.15) is 6.23 Å². The maximum Gasteiger partial charge on any atom is 0.466 e. The Hall–Kier alpha value is -2.17. The monoisotopic (exact) mass is 602 g/mol. The number of aromatic nitrogens is 4. The number of anilines is 1. The van der Waals surface area contributed by atoms with Crippen molar-refractivity contribution in [2.75, 3.05) is 12.3 Å². The lowest BCUT2D eigenvalue weighted by Crippen LogP contribution is -2.33. The fourth-order valence-electron chi connectivity index (χ4n) is 2.31. The molecule has 0 spiro atoms. The molecule has 4 atom stereocenters. The second-order valence-corrected chi connectivity index (χ2v) is 9.27. The lowest BCUT2D eigenvalue weighted by Gasteiger charge is -2.16. The van der Waals surface area contributed by atoms with E-state index in [1.54, 1.807) is 0 Å². The summed E-state index contributed by atoms with van der Waals surface area (Å²) in [4.78, 5) is 79.1. The average Bonchev–Trinajstić information content (AvgIpc) is 3.20. The van der Waals surface area contributed by atoms with Gasteiger partial charge in [0.1, 0.15) is 23.8 Å². The van der Waals surface area contributed by atoms with E-state index in [2.05, 4.69) is 25.0 Å². The van der Waals surface area contributed by atoms with E-state index in [-0.39, 0.29) is 22.9 Å². The van der Waals surface area contributed by atoms with E-state index in [1.807, 2.05) is 0 Å². The van der Waals surface area contributed by atoms with E-state index in [0.29, 0.717) is 0 Å². The van der Waals surface area contributed by atoms with Crippen molar-refractivity contribution < 1.29 is 77.8 Å². The highest BCUT2D eigenvalue weighted by atomic mass is 31.2. The minimum atomic E-state index is -4.64. The van der Waals surface area contributed by atoms with Gasteiger partial charge in [-0.15, -0.1) is 0 Å². The maximum atomic E-state index is 10.0. The molecule has 1 saturated heterocycles. The summed E-state index contributed by atoms with van der Waals surface area (Å²) in [5, 5.41) is 32.2. The highest BCUT2D eigenvalue weighted by Gasteiger charge is 2.44. The predicted molar refractivity (Wildman–Crippen MR) is 114 cm³/mol. The predicted octanol–water partition coefficient (Wildman–Crippen LogP) is -3.82. The quantitative estimate of drug-likeness (QED) is 0.0692. The number of imidazole rings is 1. The second-order valence-electron chi connectivity index (χ2n) is 6.19. The van der Waals surface area contributed by atoms with Crippen LogP contribution >= 0.6 is 23.5 Å². The van der Waals surface area contributed by atoms with Crippen molar-refractivity contribution in [3.05, 3.63) is 16.8 Å². The van der Waals surface area contributed by atoms with Crippen molar-refractivity contribution in [3.63, 3.8) is 0 Å². The Kier molecular flexibility index (Phi) is 13.3. The Morgan fingerprint density at radius 2 is 1.43 bits per heavy atom. The number of aliphatic hydroxyl groups is 3. The highest BCUT2D eigenvalue weighted by molar-refractivity contribution is 7.45. The van der Waals surface area contributed by atoms with Crippen LogP contribution in [-0.4, -0.2) is 104 Å². The van der Waals surface area contributed by atoms with E-state index in [4.69, 9.17) is 78.8 Å². The van der Waals surface area contributed by atoms with E-state index < -0.39 is 54.6 Å². The third-order valence-electron chi connectivity index (χ3n) is 3.36. The fourth-order valence-corrected chi connectivity index (χ4v) is 2.31. The Morgan fingerprint density at radius 3 is 1.81 bits per heavy atom. The Balaban J connectivity index is 0.000000711. The van der Waals surface area contributed by atoms with Crippen molar-refractivity contribution in [2.45, 2.75) is 24.5 Å². The smallest absolute Gasteiger partial charge is 0.394 e. The molecule has 14 N–H and O–H groups in total. The van der Waals surface area contributed by atoms with E-state index in [9.17, 15) is 10.2 Å². The summed E-state index contributed by atoms with van der Waals surface area (Å²) in [6.45, 7) is -0.456. The molecule has 0 aromatic carbocycles. The van der Waals surface area contributed by atoms with Crippen LogP contribution < -0.4 is 5.73 Å². The Labute approximate surface area is 203 Å². The van der Waals surface area contributed by atoms with Crippen molar-refractivity contribution in [1.29, 1.82) is 0 Å². The van der Waals surface area contributed by atoms with Gasteiger partial charge in [-0.2, -0.15) is 0 Å². The average molecular weight is 602 g/mol. The molecule has 0 aliphatic carbocycles. The number of azide groups is 1. The minimum Gasteiger partial charge on any atom is -0.394 e. The number of fused-ring (bicyclic) bond motifs is 1. The molecule has 2 aromatic rings. The van der Waals surface area contributed by atoms with Crippen molar-refractivity contribution in [3.8, 4) is 0 Å². The van der Waals surface area contributed by atoms with Crippen LogP contribution in [0.3, 0.4) is 0 Å². The lowest BCUT2D eigenvalue weighted by molar-refractivity contribution is -0.0511. The SMILES string of the molecule is O=P(O)(O)O.O=P(O)(O)O.O=P(O)(O)O.[N-]=[N+]=Nc1nc(N)c2ncn([C@@H]3O[C@H](CO)[C@@H](O)[C@H]3O)c2n1. The van der Waals surface area contributed by atoms with Gasteiger partial charge >= 0.3 is 23.5 Å². The van der Waals surface area contributed by atoms with Crippen molar-refractivity contribution in [1.82, 2.24) is 19.5 Å². The number of phosphoric acid groups is 3. The van der Waals surface area contributed by atoms with Gasteiger partial charge in [-0.3, -0.25) is 4.57 Å². The van der Waals surface area contributed by atoms with Crippen LogP contribution in [0.25, 0.3) is 21.6 Å². The second kappa shape index (κ2) is 14.1. The number of ether oxygens (including phenoxy) is 1. The third kappa shape index (κ3) is 15.0. The van der Waals surface area contributed by atoms with Crippen LogP contribution in [0.15, 0.2) is 11.4 Å². The minimum absolute atomic E-state index is 0.00195. The molecule has 1 aliphatic rings. The van der Waals surface area contributed by atoms with Gasteiger partial charge in [0, 0.05) is 4.91 Å². The van der Waals surface area contributed by atoms with Crippen LogP contribution in [-0.2, 0) is 18.4 Å². The third-order valence-corrected chi connectivity index (χ3v) is 3.36. The number of rotatable bonds is 3. The van der Waals surface area contributed by atoms with Crippen LogP contribution in [0, 0.1) is 0 Å². The molecule has 24 nitrogen and oxygen atoms in total. The molecule has 2 aromatic heterocycles. The molecule has 3 heterocycles. The van der Waals surface area contributed by atoms with Crippen molar-refractivity contribution in [2.24, 2.45) is 5.11 Å². The Morgan fingerprint density at radius 1 is 0.973 bits per heavy atom. The normalized spacial score (nSPS) is 21.4. The molecule has 0 radical (unpaired) electrons. The molecule has 0 saturated carbocycles. The zero-order valence-corrected chi connectivity index (χ0v) is 20.3. The molecular weight excluding hydrogens is 581 g/mol. The Bertz CT molecular complexity index is 1150. The molecule has 1 fully saturated rings. The molecule has 0 unspecified atom stereocenters. The topological polar surface area (TPSA) is 422 Å². The fraction of sp³-hybridized carbons (Fsp3) is 0.500. The molecular formula is C10H21N8O16P3. The van der Waals surface area contributed by atoms with Crippen LogP contribution in [0.5, 0.6) is 0 Å². The summed E-state index contributed by atoms with van der Waals surface area (Å²) in [5.41, 5.74) is 14.6. The summed E-state index contributed by atoms with van der Waals surface area (Å²) < 4.78 is 33.4. The number of nitrogens with zero attached hydrogens (tertiary/aromatic N) is 7. The lowest BCUT2D eigenvalue weighted by atomic mass is 10.1. The number of aliphatic hydroxyl groups excluding tert-OH is 3. The van der Waals surface area contributed by atoms with Gasteiger partial charge in [-0.05, 0) is 10.6 Å². The highest BCUT2D eigenvalue weighted by Crippen LogP contribution is 2.32. The van der Waals surface area contributed by atoms with Crippen molar-refractivity contribution >= 4 is 46.4 Å². The van der Waals surface area contributed by atoms with Gasteiger partial charge in [-0.25, -0.2) is 28.6 Å². The summed E-state index contributed by atoms with van der Waals surface area (Å²) >= 11 is 0. The van der Waals surface area contributed by atoms with E-state index in [1.165, 1.54) is 10.9 Å². The number of hydrogen-bond acceptors (Lipinski definition) is 12. The van der Waals surface area contributed by atoms with E-state index >= 15 is 0 Å². The van der Waals surface area contributed by atoms with E-state index in [0.717, 1.165) is 0 Å². The van der Waals surface area contributed by atoms with Gasteiger partial charge in [0.05, 0.1) is 12.9 Å². The van der Waals surface area contributed by atoms with Gasteiger partial charge in [0.2, 0.25) is 5.95 Å². The molecule has 0 amide bonds. The summed E-state index contributed by atoms with van der Waals surface area (Å²) in [5.74, 6) is -0.209. The number of nitrogen functional groups attached to an aromatic ring is 1. The zero-order chi connectivity index (χ0) is 29.4. The standard InChI is InChI=1S/C10H12N8O4.3H3O4P/c11-7-4-8(15-10(14-7)16-17-12)18(2-13-4)9-6(21)5(20)3(1-19)22-9;3*1-5(2,3)4/h2-3,5-6,9,19-21H,1H2,(H2,11,14,15);3*(H3,1,2,3,4)/t3-,5-,6-,9-;;;/m1.../s1. The number of hydrogen-bond donors (Lipinski definition) is 13. The maximum absolute atomic E-state index is 10.0. The molecule has 37 heavy (non-hydrogen) atoms. The molecule has 1 aliphatic heterocycles. The first-order valence-corrected chi connectivity index (χ1v) is 13.3. The first-order valence-electron chi connectivity index (χ1n) is 8.59. The zero-order valence-electron chi connectivity index (χ0n) is 17.6. The van der Waals surface area contributed by atoms with Gasteiger partial charge in [-0.1, -0.05) is 0 Å². The molecule has 3 rings (SSSR count). The molecule has 27 heteroatoms. The summed E-state index contributed by atoms with van der Waals surface area (Å²) in [6, 6.07) is 0. The first-order chi connectivity index (χ1) is 16.6. The summed E-state index contributed by atoms with van der Waals surface area (Å²) in [7, 11) is -13.9. The van der Waals surface area contributed by atoms with Crippen LogP contribution in [0.2, 0.25) is 0 Å². The summed E-state index contributed by atoms with van der Waals surface area (Å²) in [6.07, 6.45) is -3.22.